The Balaban J connectivity index is 1.79. The SMILES string of the molecule is O=C(O)[C@]12COCC[C@H]1CN(Cc1cc(F)ccc1Cl)C2. The lowest BCUT2D eigenvalue weighted by atomic mass is 9.76. The molecule has 0 bridgehead atoms. The van der Waals surface area contributed by atoms with Gasteiger partial charge < -0.3 is 9.84 Å². The second-order valence-electron chi connectivity index (χ2n) is 5.90. The van der Waals surface area contributed by atoms with Crippen molar-refractivity contribution < 1.29 is 19.0 Å². The van der Waals surface area contributed by atoms with Gasteiger partial charge in [-0.1, -0.05) is 11.6 Å². The number of likely N-dealkylation sites (tertiary alicyclic amines) is 1. The van der Waals surface area contributed by atoms with Crippen LogP contribution in [0, 0.1) is 17.2 Å². The molecule has 2 atom stereocenters. The zero-order valence-corrected chi connectivity index (χ0v) is 12.3. The Morgan fingerprint density at radius 2 is 2.38 bits per heavy atom. The Morgan fingerprint density at radius 1 is 1.57 bits per heavy atom. The van der Waals surface area contributed by atoms with Gasteiger partial charge in [-0.25, -0.2) is 4.39 Å². The van der Waals surface area contributed by atoms with Crippen LogP contribution in [0.25, 0.3) is 0 Å². The molecular formula is C15H17ClFNO3. The molecular weight excluding hydrogens is 297 g/mol. The van der Waals surface area contributed by atoms with Gasteiger partial charge in [0.1, 0.15) is 11.2 Å². The molecule has 1 aromatic carbocycles. The maximum absolute atomic E-state index is 13.3. The van der Waals surface area contributed by atoms with Crippen LogP contribution in [0.4, 0.5) is 4.39 Å². The predicted octanol–water partition coefficient (Wildman–Crippen LogP) is 2.40. The molecule has 0 radical (unpaired) electrons. The fourth-order valence-corrected chi connectivity index (χ4v) is 3.60. The molecule has 3 rings (SSSR count). The summed E-state index contributed by atoms with van der Waals surface area (Å²) in [4.78, 5) is 13.7. The van der Waals surface area contributed by atoms with Crippen molar-refractivity contribution in [2.45, 2.75) is 13.0 Å². The molecule has 2 aliphatic heterocycles. The average molecular weight is 314 g/mol. The lowest BCUT2D eigenvalue weighted by Gasteiger charge is -2.34. The second-order valence-corrected chi connectivity index (χ2v) is 6.31. The summed E-state index contributed by atoms with van der Waals surface area (Å²) in [6, 6.07) is 4.27. The van der Waals surface area contributed by atoms with Gasteiger partial charge in [-0.15, -0.1) is 0 Å². The number of carboxylic acid groups (broad SMARTS) is 1. The van der Waals surface area contributed by atoms with Crippen molar-refractivity contribution >= 4 is 17.6 Å². The predicted molar refractivity (Wildman–Crippen MR) is 75.7 cm³/mol. The van der Waals surface area contributed by atoms with Crippen molar-refractivity contribution in [3.05, 3.63) is 34.6 Å². The third kappa shape index (κ3) is 2.65. The van der Waals surface area contributed by atoms with E-state index in [1.165, 1.54) is 18.2 Å². The molecule has 2 fully saturated rings. The lowest BCUT2D eigenvalue weighted by molar-refractivity contribution is -0.159. The average Bonchev–Trinajstić information content (AvgIpc) is 2.82. The van der Waals surface area contributed by atoms with Gasteiger partial charge in [-0.2, -0.15) is 0 Å². The fraction of sp³-hybridized carbons (Fsp3) is 0.533. The van der Waals surface area contributed by atoms with Crippen LogP contribution < -0.4 is 0 Å². The molecule has 0 unspecified atom stereocenters. The van der Waals surface area contributed by atoms with E-state index < -0.39 is 11.4 Å². The van der Waals surface area contributed by atoms with Gasteiger partial charge in [0.15, 0.2) is 0 Å². The summed E-state index contributed by atoms with van der Waals surface area (Å²) in [5.41, 5.74) is -0.144. The van der Waals surface area contributed by atoms with Gasteiger partial charge >= 0.3 is 5.97 Å². The number of carboxylic acids is 1. The Bertz CT molecular complexity index is 568. The number of benzene rings is 1. The van der Waals surface area contributed by atoms with Gasteiger partial charge in [0, 0.05) is 31.3 Å². The molecule has 2 saturated heterocycles. The van der Waals surface area contributed by atoms with E-state index in [0.29, 0.717) is 36.8 Å². The fourth-order valence-electron chi connectivity index (χ4n) is 3.42. The third-order valence-electron chi connectivity index (χ3n) is 4.56. The zero-order chi connectivity index (χ0) is 15.0. The Morgan fingerprint density at radius 3 is 3.10 bits per heavy atom. The van der Waals surface area contributed by atoms with Gasteiger partial charge in [0.2, 0.25) is 0 Å². The minimum absolute atomic E-state index is 0.0797. The summed E-state index contributed by atoms with van der Waals surface area (Å²) in [5, 5.41) is 10.1. The van der Waals surface area contributed by atoms with Crippen LogP contribution in [0.1, 0.15) is 12.0 Å². The molecule has 6 heteroatoms. The Kier molecular flexibility index (Phi) is 3.90. The van der Waals surface area contributed by atoms with Gasteiger partial charge in [0.05, 0.1) is 6.61 Å². The lowest BCUT2D eigenvalue weighted by Crippen LogP contribution is -2.46. The van der Waals surface area contributed by atoms with Gasteiger partial charge in [-0.3, -0.25) is 9.69 Å². The number of ether oxygens (including phenoxy) is 1. The molecule has 2 aliphatic rings. The summed E-state index contributed by atoms with van der Waals surface area (Å²) < 4.78 is 18.7. The minimum Gasteiger partial charge on any atom is -0.481 e. The zero-order valence-electron chi connectivity index (χ0n) is 11.5. The van der Waals surface area contributed by atoms with E-state index >= 15 is 0 Å². The van der Waals surface area contributed by atoms with Crippen LogP contribution in [-0.4, -0.2) is 42.3 Å². The van der Waals surface area contributed by atoms with Crippen LogP contribution in [0.3, 0.4) is 0 Å². The molecule has 1 N–H and O–H groups in total. The smallest absolute Gasteiger partial charge is 0.313 e. The number of fused-ring (bicyclic) bond motifs is 1. The van der Waals surface area contributed by atoms with E-state index in [0.717, 1.165) is 6.42 Å². The van der Waals surface area contributed by atoms with Crippen LogP contribution in [0.15, 0.2) is 18.2 Å². The number of carbonyl (C=O) groups is 1. The second kappa shape index (κ2) is 5.55. The number of rotatable bonds is 3. The third-order valence-corrected chi connectivity index (χ3v) is 4.93. The highest BCUT2D eigenvalue weighted by molar-refractivity contribution is 6.31. The summed E-state index contributed by atoms with van der Waals surface area (Å²) in [5.74, 6) is -1.06. The van der Waals surface area contributed by atoms with E-state index in [2.05, 4.69) is 0 Å². The van der Waals surface area contributed by atoms with Gasteiger partial charge in [0.25, 0.3) is 0 Å². The molecule has 0 saturated carbocycles. The van der Waals surface area contributed by atoms with Crippen LogP contribution in [0.5, 0.6) is 0 Å². The van der Waals surface area contributed by atoms with Crippen LogP contribution in [-0.2, 0) is 16.1 Å². The molecule has 4 nitrogen and oxygen atoms in total. The number of nitrogens with zero attached hydrogens (tertiary/aromatic N) is 1. The summed E-state index contributed by atoms with van der Waals surface area (Å²) in [7, 11) is 0. The van der Waals surface area contributed by atoms with Crippen molar-refractivity contribution in [3.8, 4) is 0 Å². The van der Waals surface area contributed by atoms with Crippen molar-refractivity contribution in [2.75, 3.05) is 26.3 Å². The van der Waals surface area contributed by atoms with Crippen LogP contribution >= 0.6 is 11.6 Å². The molecule has 2 heterocycles. The molecule has 21 heavy (non-hydrogen) atoms. The first kappa shape index (κ1) is 14.8. The van der Waals surface area contributed by atoms with Crippen molar-refractivity contribution in [3.63, 3.8) is 0 Å². The number of hydrogen-bond donors (Lipinski definition) is 1. The highest BCUT2D eigenvalue weighted by Gasteiger charge is 2.53. The maximum Gasteiger partial charge on any atom is 0.313 e. The summed E-state index contributed by atoms with van der Waals surface area (Å²) in [6.45, 7) is 2.42. The monoisotopic (exact) mass is 313 g/mol. The quantitative estimate of drug-likeness (QED) is 0.931. The Labute approximate surface area is 127 Å². The minimum atomic E-state index is -0.835. The number of aliphatic carboxylic acids is 1. The standard InChI is InChI=1S/C15H17ClFNO3/c16-13-2-1-12(17)5-10(13)6-18-7-11-3-4-21-9-15(11,8-18)14(19)20/h1-2,5,11H,3-4,6-9H2,(H,19,20)/t11-,15+/m0/s1. The molecule has 114 valence electrons. The van der Waals surface area contributed by atoms with E-state index in [4.69, 9.17) is 16.3 Å². The van der Waals surface area contributed by atoms with E-state index in [9.17, 15) is 14.3 Å². The van der Waals surface area contributed by atoms with E-state index in [1.807, 2.05) is 4.90 Å². The van der Waals surface area contributed by atoms with E-state index in [-0.39, 0.29) is 18.3 Å². The highest BCUT2D eigenvalue weighted by Crippen LogP contribution is 2.42. The van der Waals surface area contributed by atoms with E-state index in [1.54, 1.807) is 0 Å². The van der Waals surface area contributed by atoms with Crippen molar-refractivity contribution in [2.24, 2.45) is 11.3 Å². The Hall–Kier alpha value is -1.17. The first-order valence-corrected chi connectivity index (χ1v) is 7.36. The topological polar surface area (TPSA) is 49.8 Å². The summed E-state index contributed by atoms with van der Waals surface area (Å²) >= 11 is 6.09. The molecule has 1 aromatic rings. The van der Waals surface area contributed by atoms with Gasteiger partial charge in [-0.05, 0) is 36.1 Å². The molecule has 0 aliphatic carbocycles. The number of halogens is 2. The molecule has 0 spiro atoms. The normalized spacial score (nSPS) is 29.3. The number of hydrogen-bond acceptors (Lipinski definition) is 3. The largest absolute Gasteiger partial charge is 0.481 e. The van der Waals surface area contributed by atoms with Crippen molar-refractivity contribution in [1.29, 1.82) is 0 Å². The molecule has 0 aromatic heterocycles. The van der Waals surface area contributed by atoms with Crippen LogP contribution in [0.2, 0.25) is 5.02 Å². The van der Waals surface area contributed by atoms with Crippen molar-refractivity contribution in [1.82, 2.24) is 4.90 Å². The first-order valence-electron chi connectivity index (χ1n) is 6.99. The summed E-state index contributed by atoms with van der Waals surface area (Å²) in [6.07, 6.45) is 0.750. The first-order chi connectivity index (χ1) is 10.0. The highest BCUT2D eigenvalue weighted by atomic mass is 35.5. The maximum atomic E-state index is 13.3. The molecule has 0 amide bonds.